The predicted molar refractivity (Wildman–Crippen MR) is 77.3 cm³/mol. The zero-order valence-electron chi connectivity index (χ0n) is 11.7. The van der Waals surface area contributed by atoms with E-state index in [1.807, 2.05) is 13.8 Å². The molecule has 0 saturated heterocycles. The van der Waals surface area contributed by atoms with Gasteiger partial charge in [-0.05, 0) is 12.8 Å². The van der Waals surface area contributed by atoms with Crippen LogP contribution < -0.4 is 14.8 Å². The Hall–Kier alpha value is -1.42. The van der Waals surface area contributed by atoms with Gasteiger partial charge in [0.2, 0.25) is 5.91 Å². The molecule has 5 heteroatoms. The fourth-order valence-corrected chi connectivity index (χ4v) is 2.08. The molecule has 0 radical (unpaired) electrons. The van der Waals surface area contributed by atoms with Gasteiger partial charge < -0.3 is 14.8 Å². The van der Waals surface area contributed by atoms with E-state index >= 15 is 0 Å². The Morgan fingerprint density at radius 2 is 1.79 bits per heavy atom. The highest BCUT2D eigenvalue weighted by Crippen LogP contribution is 2.36. The molecule has 1 amide bonds. The fourth-order valence-electron chi connectivity index (χ4n) is 1.85. The lowest BCUT2D eigenvalue weighted by molar-refractivity contribution is -0.120. The number of rotatable bonds is 6. The molecule has 0 atom stereocenters. The van der Waals surface area contributed by atoms with Gasteiger partial charge in [0.15, 0.2) is 0 Å². The first kappa shape index (κ1) is 15.6. The average molecular weight is 286 g/mol. The number of methoxy groups -OCH3 is 2. The Bertz CT molecular complexity index is 445. The summed E-state index contributed by atoms with van der Waals surface area (Å²) in [5, 5.41) is 3.31. The lowest BCUT2D eigenvalue weighted by Crippen LogP contribution is -2.22. The summed E-state index contributed by atoms with van der Waals surface area (Å²) in [4.78, 5) is 12.1. The largest absolute Gasteiger partial charge is 0.495 e. The highest BCUT2D eigenvalue weighted by atomic mass is 35.5. The van der Waals surface area contributed by atoms with E-state index in [0.717, 1.165) is 12.8 Å². The number of hydrogen-bond acceptors (Lipinski definition) is 3. The molecule has 0 heterocycles. The van der Waals surface area contributed by atoms with Crippen LogP contribution in [0.2, 0.25) is 5.02 Å². The van der Waals surface area contributed by atoms with Crippen molar-refractivity contribution >= 4 is 23.2 Å². The number of nitrogens with one attached hydrogen (secondary N) is 1. The maximum absolute atomic E-state index is 12.1. The molecule has 0 fully saturated rings. The molecule has 4 nitrogen and oxygen atoms in total. The van der Waals surface area contributed by atoms with Crippen LogP contribution in [0.25, 0.3) is 0 Å². The summed E-state index contributed by atoms with van der Waals surface area (Å²) in [6.45, 7) is 3.99. The molecule has 0 spiro atoms. The van der Waals surface area contributed by atoms with Crippen molar-refractivity contribution in [1.29, 1.82) is 0 Å². The Morgan fingerprint density at radius 3 is 2.26 bits per heavy atom. The van der Waals surface area contributed by atoms with Crippen LogP contribution in [0.15, 0.2) is 12.1 Å². The van der Waals surface area contributed by atoms with E-state index in [4.69, 9.17) is 21.1 Å². The van der Waals surface area contributed by atoms with Crippen LogP contribution in [0.4, 0.5) is 5.69 Å². The highest BCUT2D eigenvalue weighted by molar-refractivity contribution is 6.32. The third-order valence-corrected chi connectivity index (χ3v) is 3.38. The zero-order valence-corrected chi connectivity index (χ0v) is 12.5. The van der Waals surface area contributed by atoms with Gasteiger partial charge in [-0.1, -0.05) is 25.4 Å². The lowest BCUT2D eigenvalue weighted by Gasteiger charge is -2.16. The molecule has 19 heavy (non-hydrogen) atoms. The van der Waals surface area contributed by atoms with Crippen molar-refractivity contribution in [2.75, 3.05) is 19.5 Å². The number of ether oxygens (including phenoxy) is 2. The van der Waals surface area contributed by atoms with Gasteiger partial charge in [0.25, 0.3) is 0 Å². The van der Waals surface area contributed by atoms with E-state index in [0.29, 0.717) is 22.2 Å². The van der Waals surface area contributed by atoms with Gasteiger partial charge in [0, 0.05) is 18.1 Å². The summed E-state index contributed by atoms with van der Waals surface area (Å²) in [5.74, 6) is 0.992. The van der Waals surface area contributed by atoms with Crippen LogP contribution in [0.1, 0.15) is 26.7 Å². The van der Waals surface area contributed by atoms with Gasteiger partial charge in [0.1, 0.15) is 11.5 Å². The normalized spacial score (nSPS) is 10.4. The monoisotopic (exact) mass is 285 g/mol. The highest BCUT2D eigenvalue weighted by Gasteiger charge is 2.17. The number of benzene rings is 1. The Labute approximate surface area is 119 Å². The number of carbonyl (C=O) groups excluding carboxylic acids is 1. The summed E-state index contributed by atoms with van der Waals surface area (Å²) in [5.41, 5.74) is 0.570. The van der Waals surface area contributed by atoms with Crippen LogP contribution >= 0.6 is 11.6 Å². The molecule has 0 bridgehead atoms. The van der Waals surface area contributed by atoms with Gasteiger partial charge in [-0.25, -0.2) is 0 Å². The first-order valence-corrected chi connectivity index (χ1v) is 6.67. The molecule has 1 rings (SSSR count). The summed E-state index contributed by atoms with van der Waals surface area (Å²) >= 11 is 6.02. The third kappa shape index (κ3) is 3.77. The second-order valence-corrected chi connectivity index (χ2v) is 4.60. The molecule has 0 saturated carbocycles. The topological polar surface area (TPSA) is 47.6 Å². The maximum atomic E-state index is 12.1. The number of anilines is 1. The zero-order chi connectivity index (χ0) is 14.4. The van der Waals surface area contributed by atoms with E-state index in [1.54, 1.807) is 12.1 Å². The van der Waals surface area contributed by atoms with Crippen molar-refractivity contribution < 1.29 is 14.3 Å². The lowest BCUT2D eigenvalue weighted by atomic mass is 10.0. The van der Waals surface area contributed by atoms with Crippen molar-refractivity contribution in [3.63, 3.8) is 0 Å². The fraction of sp³-hybridized carbons (Fsp3) is 0.500. The molecular formula is C14H20ClNO3. The maximum Gasteiger partial charge on any atom is 0.227 e. The second kappa shape index (κ2) is 7.24. The first-order valence-electron chi connectivity index (χ1n) is 6.29. The van der Waals surface area contributed by atoms with E-state index in [9.17, 15) is 4.79 Å². The number of carbonyl (C=O) groups is 1. The van der Waals surface area contributed by atoms with Crippen LogP contribution in [-0.4, -0.2) is 20.1 Å². The van der Waals surface area contributed by atoms with Gasteiger partial charge in [-0.2, -0.15) is 0 Å². The summed E-state index contributed by atoms with van der Waals surface area (Å²) in [7, 11) is 3.06. The van der Waals surface area contributed by atoms with Crippen molar-refractivity contribution in [2.45, 2.75) is 26.7 Å². The summed E-state index contributed by atoms with van der Waals surface area (Å²) in [6.07, 6.45) is 1.60. The van der Waals surface area contributed by atoms with Crippen molar-refractivity contribution in [2.24, 2.45) is 5.92 Å². The van der Waals surface area contributed by atoms with Gasteiger partial charge >= 0.3 is 0 Å². The molecular weight excluding hydrogens is 266 g/mol. The van der Waals surface area contributed by atoms with E-state index in [2.05, 4.69) is 5.32 Å². The van der Waals surface area contributed by atoms with Gasteiger partial charge in [-0.15, -0.1) is 0 Å². The minimum absolute atomic E-state index is 0.00798. The smallest absolute Gasteiger partial charge is 0.227 e. The average Bonchev–Trinajstić information content (AvgIpc) is 2.41. The minimum atomic E-state index is -0.0207. The van der Waals surface area contributed by atoms with Crippen LogP contribution in [0.3, 0.4) is 0 Å². The number of halogens is 1. The standard InChI is InChI=1S/C14H20ClNO3/c1-5-9(6-2)14(17)16-11-8-12(18-3)10(15)7-13(11)19-4/h7-9H,5-6H2,1-4H3,(H,16,17). The second-order valence-electron chi connectivity index (χ2n) is 4.19. The van der Waals surface area contributed by atoms with E-state index in [1.165, 1.54) is 14.2 Å². The van der Waals surface area contributed by atoms with Crippen LogP contribution in [-0.2, 0) is 4.79 Å². The molecule has 0 aliphatic heterocycles. The van der Waals surface area contributed by atoms with E-state index < -0.39 is 0 Å². The van der Waals surface area contributed by atoms with Crippen molar-refractivity contribution in [1.82, 2.24) is 0 Å². The molecule has 0 unspecified atom stereocenters. The van der Waals surface area contributed by atoms with Crippen LogP contribution in [0.5, 0.6) is 11.5 Å². The molecule has 1 aromatic carbocycles. The number of amides is 1. The van der Waals surface area contributed by atoms with Crippen molar-refractivity contribution in [3.05, 3.63) is 17.2 Å². The van der Waals surface area contributed by atoms with E-state index in [-0.39, 0.29) is 11.8 Å². The number of hydrogen-bond donors (Lipinski definition) is 1. The predicted octanol–water partition coefficient (Wildman–Crippen LogP) is 3.73. The first-order chi connectivity index (χ1) is 9.07. The molecule has 1 aromatic rings. The minimum Gasteiger partial charge on any atom is -0.495 e. The molecule has 0 aliphatic carbocycles. The molecule has 0 aromatic heterocycles. The van der Waals surface area contributed by atoms with Gasteiger partial charge in [0.05, 0.1) is 24.9 Å². The summed E-state index contributed by atoms with van der Waals surface area (Å²) < 4.78 is 10.4. The molecule has 1 N–H and O–H groups in total. The Kier molecular flexibility index (Phi) is 5.96. The quantitative estimate of drug-likeness (QED) is 0.866. The van der Waals surface area contributed by atoms with Crippen molar-refractivity contribution in [3.8, 4) is 11.5 Å². The van der Waals surface area contributed by atoms with Gasteiger partial charge in [-0.3, -0.25) is 4.79 Å². The Morgan fingerprint density at radius 1 is 1.21 bits per heavy atom. The Balaban J connectivity index is 3.02. The SMILES string of the molecule is CCC(CC)C(=O)Nc1cc(OC)c(Cl)cc1OC. The third-order valence-electron chi connectivity index (χ3n) is 3.09. The summed E-state index contributed by atoms with van der Waals surface area (Å²) in [6, 6.07) is 3.30. The molecule has 106 valence electrons. The van der Waals surface area contributed by atoms with Crippen LogP contribution in [0, 0.1) is 5.92 Å². The molecule has 0 aliphatic rings.